The maximum Gasteiger partial charge on any atom is 0.258 e. The van der Waals surface area contributed by atoms with Crippen LogP contribution in [-0.4, -0.2) is 42.3 Å². The lowest BCUT2D eigenvalue weighted by molar-refractivity contribution is -0.142. The Morgan fingerprint density at radius 1 is 1.50 bits per heavy atom. The van der Waals surface area contributed by atoms with E-state index in [0.29, 0.717) is 24.3 Å². The van der Waals surface area contributed by atoms with Crippen LogP contribution in [0.2, 0.25) is 0 Å². The number of methoxy groups -OCH3 is 1. The Kier molecular flexibility index (Phi) is 4.02. The maximum absolute atomic E-state index is 12.3. The molecule has 0 aromatic rings. The number of carbonyl (C=O) groups excluding carboxylic acids is 3. The van der Waals surface area contributed by atoms with Gasteiger partial charge >= 0.3 is 0 Å². The molecule has 106 valence electrons. The lowest BCUT2D eigenvalue weighted by atomic mass is 10.0. The topological polar surface area (TPSA) is 75.7 Å². The van der Waals surface area contributed by atoms with Gasteiger partial charge in [-0.3, -0.25) is 19.7 Å². The fraction of sp³-hybridized carbons (Fsp3) is 0.357. The van der Waals surface area contributed by atoms with Gasteiger partial charge in [0.15, 0.2) is 0 Å². The van der Waals surface area contributed by atoms with Crippen LogP contribution in [0.1, 0.15) is 12.8 Å². The van der Waals surface area contributed by atoms with Crippen LogP contribution in [-0.2, 0) is 19.1 Å². The van der Waals surface area contributed by atoms with Gasteiger partial charge in [0.25, 0.3) is 5.91 Å². The minimum atomic E-state index is -0.601. The van der Waals surface area contributed by atoms with Crippen LogP contribution in [0, 0.1) is 0 Å². The van der Waals surface area contributed by atoms with Crippen molar-refractivity contribution in [2.75, 3.05) is 13.7 Å². The number of rotatable bonds is 4. The van der Waals surface area contributed by atoms with Crippen LogP contribution >= 0.6 is 0 Å². The minimum absolute atomic E-state index is 0.245. The first-order valence-electron chi connectivity index (χ1n) is 6.30. The summed E-state index contributed by atoms with van der Waals surface area (Å²) in [6.45, 7) is 3.90. The molecule has 1 saturated heterocycles. The summed E-state index contributed by atoms with van der Waals surface area (Å²) in [6.07, 6.45) is 5.43. The van der Waals surface area contributed by atoms with Crippen LogP contribution in [0.5, 0.6) is 0 Å². The number of nitrogens with zero attached hydrogens (tertiary/aromatic N) is 1. The molecule has 0 aromatic heterocycles. The van der Waals surface area contributed by atoms with Crippen molar-refractivity contribution in [3.8, 4) is 0 Å². The van der Waals surface area contributed by atoms with E-state index in [-0.39, 0.29) is 18.2 Å². The molecule has 0 radical (unpaired) electrons. The highest BCUT2D eigenvalue weighted by Gasteiger charge is 2.38. The van der Waals surface area contributed by atoms with Crippen LogP contribution in [0.15, 0.2) is 36.1 Å². The molecule has 0 aromatic carbocycles. The summed E-state index contributed by atoms with van der Waals surface area (Å²) >= 11 is 0. The van der Waals surface area contributed by atoms with Crippen LogP contribution in [0.4, 0.5) is 0 Å². The molecule has 0 bridgehead atoms. The minimum Gasteiger partial charge on any atom is -0.496 e. The summed E-state index contributed by atoms with van der Waals surface area (Å²) in [7, 11) is 1.47. The SMILES string of the molecule is C=C/C=C(/OC)C1=CCN(C2CCC(=O)NC2=O)C1=O. The second-order valence-corrected chi connectivity index (χ2v) is 4.51. The molecule has 0 saturated carbocycles. The Balaban J connectivity index is 2.14. The number of ether oxygens (including phenoxy) is 1. The van der Waals surface area contributed by atoms with Gasteiger partial charge < -0.3 is 9.64 Å². The van der Waals surface area contributed by atoms with E-state index < -0.39 is 11.9 Å². The lowest BCUT2D eigenvalue weighted by Crippen LogP contribution is -2.53. The van der Waals surface area contributed by atoms with Crippen molar-refractivity contribution in [1.82, 2.24) is 10.2 Å². The molecule has 2 heterocycles. The van der Waals surface area contributed by atoms with E-state index in [1.807, 2.05) is 0 Å². The summed E-state index contributed by atoms with van der Waals surface area (Å²) in [5.41, 5.74) is 0.414. The van der Waals surface area contributed by atoms with Crippen LogP contribution in [0.3, 0.4) is 0 Å². The molecule has 6 heteroatoms. The van der Waals surface area contributed by atoms with Gasteiger partial charge in [-0.1, -0.05) is 12.7 Å². The third-order valence-corrected chi connectivity index (χ3v) is 3.32. The molecule has 2 aliphatic heterocycles. The lowest BCUT2D eigenvalue weighted by Gasteiger charge is -2.29. The van der Waals surface area contributed by atoms with E-state index in [4.69, 9.17) is 4.74 Å². The largest absolute Gasteiger partial charge is 0.496 e. The number of piperidine rings is 1. The Bertz CT molecular complexity index is 533. The van der Waals surface area contributed by atoms with E-state index in [1.54, 1.807) is 12.2 Å². The van der Waals surface area contributed by atoms with Gasteiger partial charge in [-0.25, -0.2) is 0 Å². The predicted molar refractivity (Wildman–Crippen MR) is 71.3 cm³/mol. The van der Waals surface area contributed by atoms with Gasteiger partial charge in [-0.15, -0.1) is 0 Å². The molecule has 1 unspecified atom stereocenters. The summed E-state index contributed by atoms with van der Waals surface area (Å²) in [5, 5.41) is 2.25. The molecule has 20 heavy (non-hydrogen) atoms. The molecule has 6 nitrogen and oxygen atoms in total. The zero-order valence-corrected chi connectivity index (χ0v) is 11.2. The van der Waals surface area contributed by atoms with E-state index >= 15 is 0 Å². The Morgan fingerprint density at radius 2 is 2.25 bits per heavy atom. The van der Waals surface area contributed by atoms with Gasteiger partial charge in [-0.05, 0) is 18.6 Å². The molecule has 3 amide bonds. The highest BCUT2D eigenvalue weighted by atomic mass is 16.5. The number of hydrogen-bond donors (Lipinski definition) is 1. The summed E-state index contributed by atoms with van der Waals surface area (Å²) in [4.78, 5) is 36.7. The van der Waals surface area contributed by atoms with E-state index in [1.165, 1.54) is 18.1 Å². The fourth-order valence-electron chi connectivity index (χ4n) is 2.34. The fourth-order valence-corrected chi connectivity index (χ4v) is 2.34. The molecule has 2 aliphatic rings. The summed E-state index contributed by atoms with van der Waals surface area (Å²) < 4.78 is 5.14. The zero-order valence-electron chi connectivity index (χ0n) is 11.2. The smallest absolute Gasteiger partial charge is 0.258 e. The molecular formula is C14H16N2O4. The van der Waals surface area contributed by atoms with Crippen LogP contribution in [0.25, 0.3) is 0 Å². The van der Waals surface area contributed by atoms with Crippen molar-refractivity contribution in [3.63, 3.8) is 0 Å². The Labute approximate surface area is 116 Å². The predicted octanol–water partition coefficient (Wildman–Crippen LogP) is 0.276. The molecule has 2 rings (SSSR count). The maximum atomic E-state index is 12.3. The highest BCUT2D eigenvalue weighted by Crippen LogP contribution is 2.24. The normalized spacial score (nSPS) is 23.6. The number of amides is 3. The zero-order chi connectivity index (χ0) is 14.7. The van der Waals surface area contributed by atoms with Crippen molar-refractivity contribution in [2.24, 2.45) is 0 Å². The van der Waals surface area contributed by atoms with Crippen LogP contribution < -0.4 is 5.32 Å². The monoisotopic (exact) mass is 276 g/mol. The first kappa shape index (κ1) is 14.0. The van der Waals surface area contributed by atoms with E-state index in [9.17, 15) is 14.4 Å². The number of hydrogen-bond acceptors (Lipinski definition) is 4. The first-order valence-corrected chi connectivity index (χ1v) is 6.30. The molecule has 1 N–H and O–H groups in total. The van der Waals surface area contributed by atoms with Gasteiger partial charge in [0.1, 0.15) is 11.8 Å². The Hall–Kier alpha value is -2.37. The standard InChI is InChI=1S/C14H16N2O4/c1-3-4-11(20-2)9-7-8-16(14(9)19)10-5-6-12(17)15-13(10)18/h3-4,7,10H,1,5-6,8H2,2H3,(H,15,17,18)/b11-4+. The van der Waals surface area contributed by atoms with Crippen molar-refractivity contribution in [2.45, 2.75) is 18.9 Å². The number of imide groups is 1. The van der Waals surface area contributed by atoms with E-state index in [2.05, 4.69) is 11.9 Å². The second kappa shape index (κ2) is 5.73. The van der Waals surface area contributed by atoms with Crippen molar-refractivity contribution in [1.29, 1.82) is 0 Å². The first-order chi connectivity index (χ1) is 9.58. The number of allylic oxidation sites excluding steroid dienone is 2. The summed E-state index contributed by atoms with van der Waals surface area (Å²) in [6, 6.07) is -0.601. The third-order valence-electron chi connectivity index (χ3n) is 3.32. The molecule has 0 aliphatic carbocycles. The van der Waals surface area contributed by atoms with Gasteiger partial charge in [0.05, 0.1) is 12.7 Å². The van der Waals surface area contributed by atoms with Crippen molar-refractivity contribution >= 4 is 17.7 Å². The molecule has 1 fully saturated rings. The third kappa shape index (κ3) is 2.49. The van der Waals surface area contributed by atoms with E-state index in [0.717, 1.165) is 0 Å². The average molecular weight is 276 g/mol. The second-order valence-electron chi connectivity index (χ2n) is 4.51. The van der Waals surface area contributed by atoms with Gasteiger partial charge in [0.2, 0.25) is 11.8 Å². The highest BCUT2D eigenvalue weighted by molar-refractivity contribution is 6.05. The average Bonchev–Trinajstić information content (AvgIpc) is 2.78. The quantitative estimate of drug-likeness (QED) is 0.454. The Morgan fingerprint density at radius 3 is 2.85 bits per heavy atom. The van der Waals surface area contributed by atoms with Gasteiger partial charge in [-0.2, -0.15) is 0 Å². The number of carbonyl (C=O) groups is 3. The van der Waals surface area contributed by atoms with Gasteiger partial charge in [0, 0.05) is 13.0 Å². The molecule has 1 atom stereocenters. The molecular weight excluding hydrogens is 260 g/mol. The van der Waals surface area contributed by atoms with Crippen molar-refractivity contribution < 1.29 is 19.1 Å². The summed E-state index contributed by atoms with van der Waals surface area (Å²) in [5.74, 6) is -0.569. The molecule has 0 spiro atoms. The van der Waals surface area contributed by atoms with Crippen molar-refractivity contribution in [3.05, 3.63) is 36.1 Å². The number of nitrogens with one attached hydrogen (secondary N) is 1.